The molecule has 0 atom stereocenters. The molecule has 54 valence electrons. The Kier molecular flexibility index (Phi) is 1.22. The van der Waals surface area contributed by atoms with Gasteiger partial charge in [0.15, 0.2) is 0 Å². The SMILES string of the molecule is C=Cn1nnc2ccccc21. The highest BCUT2D eigenvalue weighted by molar-refractivity contribution is 5.75. The highest BCUT2D eigenvalue weighted by atomic mass is 15.4. The Morgan fingerprint density at radius 3 is 3.00 bits per heavy atom. The van der Waals surface area contributed by atoms with Gasteiger partial charge in [-0.1, -0.05) is 23.9 Å². The molecule has 11 heavy (non-hydrogen) atoms. The van der Waals surface area contributed by atoms with Crippen molar-refractivity contribution < 1.29 is 0 Å². The highest BCUT2D eigenvalue weighted by Gasteiger charge is 1.97. The molecule has 0 aliphatic heterocycles. The van der Waals surface area contributed by atoms with E-state index in [1.54, 1.807) is 10.9 Å². The number of hydrogen-bond donors (Lipinski definition) is 0. The molecule has 2 rings (SSSR count). The third-order valence-electron chi connectivity index (χ3n) is 1.55. The quantitative estimate of drug-likeness (QED) is 0.609. The van der Waals surface area contributed by atoms with Gasteiger partial charge >= 0.3 is 0 Å². The molecule has 2 aromatic rings. The van der Waals surface area contributed by atoms with Crippen LogP contribution in [-0.2, 0) is 0 Å². The molecule has 3 nitrogen and oxygen atoms in total. The van der Waals surface area contributed by atoms with Crippen LogP contribution in [0.15, 0.2) is 30.8 Å². The second-order valence-corrected chi connectivity index (χ2v) is 2.21. The molecular formula is C8H7N3. The van der Waals surface area contributed by atoms with Crippen molar-refractivity contribution in [2.45, 2.75) is 0 Å². The number of rotatable bonds is 1. The van der Waals surface area contributed by atoms with Gasteiger partial charge in [-0.15, -0.1) is 5.10 Å². The molecule has 0 fully saturated rings. The van der Waals surface area contributed by atoms with Crippen LogP contribution in [0.5, 0.6) is 0 Å². The van der Waals surface area contributed by atoms with Gasteiger partial charge in [-0.05, 0) is 12.1 Å². The molecule has 0 spiro atoms. The summed E-state index contributed by atoms with van der Waals surface area (Å²) in [6, 6.07) is 7.76. The van der Waals surface area contributed by atoms with Gasteiger partial charge in [0.1, 0.15) is 5.52 Å². The van der Waals surface area contributed by atoms with Gasteiger partial charge in [0.2, 0.25) is 0 Å². The summed E-state index contributed by atoms with van der Waals surface area (Å²) in [5, 5.41) is 7.79. The Bertz CT molecular complexity index is 389. The molecule has 0 radical (unpaired) electrons. The first-order valence-corrected chi connectivity index (χ1v) is 3.34. The van der Waals surface area contributed by atoms with E-state index in [1.807, 2.05) is 24.3 Å². The molecule has 0 saturated carbocycles. The molecule has 0 bridgehead atoms. The normalized spacial score (nSPS) is 10.2. The van der Waals surface area contributed by atoms with E-state index >= 15 is 0 Å². The topological polar surface area (TPSA) is 30.7 Å². The smallest absolute Gasteiger partial charge is 0.113 e. The van der Waals surface area contributed by atoms with E-state index in [1.165, 1.54) is 0 Å². The van der Waals surface area contributed by atoms with Crippen molar-refractivity contribution in [2.75, 3.05) is 0 Å². The monoisotopic (exact) mass is 145 g/mol. The predicted octanol–water partition coefficient (Wildman–Crippen LogP) is 1.53. The first-order valence-electron chi connectivity index (χ1n) is 3.34. The van der Waals surface area contributed by atoms with Gasteiger partial charge in [0.25, 0.3) is 0 Å². The average Bonchev–Trinajstić information content (AvgIpc) is 2.47. The molecular weight excluding hydrogens is 138 g/mol. The van der Waals surface area contributed by atoms with E-state index < -0.39 is 0 Å². The first-order chi connectivity index (χ1) is 5.42. The number of hydrogen-bond acceptors (Lipinski definition) is 2. The summed E-state index contributed by atoms with van der Waals surface area (Å²) in [6.45, 7) is 3.61. The van der Waals surface area contributed by atoms with Crippen molar-refractivity contribution in [3.05, 3.63) is 30.8 Å². The maximum absolute atomic E-state index is 3.93. The standard InChI is InChI=1S/C8H7N3/c1-2-11-8-6-4-3-5-7(8)9-10-11/h2-6H,1H2. The molecule has 0 saturated heterocycles. The minimum Gasteiger partial charge on any atom is -0.221 e. The van der Waals surface area contributed by atoms with Crippen molar-refractivity contribution >= 4 is 17.2 Å². The first kappa shape index (κ1) is 6.09. The summed E-state index contributed by atoms with van der Waals surface area (Å²) >= 11 is 0. The fourth-order valence-corrected chi connectivity index (χ4v) is 1.02. The Hall–Kier alpha value is -1.64. The van der Waals surface area contributed by atoms with Crippen LogP contribution in [-0.4, -0.2) is 15.0 Å². The van der Waals surface area contributed by atoms with Crippen LogP contribution in [0.1, 0.15) is 0 Å². The van der Waals surface area contributed by atoms with Gasteiger partial charge in [0, 0.05) is 6.20 Å². The summed E-state index contributed by atoms with van der Waals surface area (Å²) in [7, 11) is 0. The predicted molar refractivity (Wildman–Crippen MR) is 43.9 cm³/mol. The highest BCUT2D eigenvalue weighted by Crippen LogP contribution is 2.08. The summed E-state index contributed by atoms with van der Waals surface area (Å²) < 4.78 is 1.65. The van der Waals surface area contributed by atoms with Crippen molar-refractivity contribution in [1.29, 1.82) is 0 Å². The van der Waals surface area contributed by atoms with E-state index in [-0.39, 0.29) is 0 Å². The van der Waals surface area contributed by atoms with Crippen molar-refractivity contribution in [2.24, 2.45) is 0 Å². The molecule has 3 heteroatoms. The van der Waals surface area contributed by atoms with E-state index in [0.29, 0.717) is 0 Å². The number of aromatic nitrogens is 3. The third kappa shape index (κ3) is 0.816. The lowest BCUT2D eigenvalue weighted by atomic mass is 10.3. The number of para-hydroxylation sites is 1. The zero-order chi connectivity index (χ0) is 7.68. The molecule has 0 aliphatic carbocycles. The largest absolute Gasteiger partial charge is 0.221 e. The maximum atomic E-state index is 3.93. The Balaban J connectivity index is 2.86. The lowest BCUT2D eigenvalue weighted by Crippen LogP contribution is -1.86. The summed E-state index contributed by atoms with van der Waals surface area (Å²) in [6.07, 6.45) is 1.63. The van der Waals surface area contributed by atoms with Gasteiger partial charge < -0.3 is 0 Å². The molecule has 0 amide bonds. The van der Waals surface area contributed by atoms with Crippen molar-refractivity contribution in [3.8, 4) is 0 Å². The number of benzene rings is 1. The van der Waals surface area contributed by atoms with Crippen LogP contribution < -0.4 is 0 Å². The van der Waals surface area contributed by atoms with E-state index in [9.17, 15) is 0 Å². The van der Waals surface area contributed by atoms with Crippen LogP contribution in [0.4, 0.5) is 0 Å². The van der Waals surface area contributed by atoms with Gasteiger partial charge in [-0.2, -0.15) is 0 Å². The molecule has 1 aromatic carbocycles. The second kappa shape index (κ2) is 2.20. The minimum atomic E-state index is 0.896. The third-order valence-corrected chi connectivity index (χ3v) is 1.55. The van der Waals surface area contributed by atoms with E-state index in [2.05, 4.69) is 16.9 Å². The van der Waals surface area contributed by atoms with E-state index in [4.69, 9.17) is 0 Å². The van der Waals surface area contributed by atoms with Crippen LogP contribution in [0.3, 0.4) is 0 Å². The van der Waals surface area contributed by atoms with Gasteiger partial charge in [-0.3, -0.25) is 0 Å². The van der Waals surface area contributed by atoms with Gasteiger partial charge in [0.05, 0.1) is 5.52 Å². The molecule has 1 aromatic heterocycles. The van der Waals surface area contributed by atoms with Crippen molar-refractivity contribution in [1.82, 2.24) is 15.0 Å². The van der Waals surface area contributed by atoms with Crippen LogP contribution in [0.2, 0.25) is 0 Å². The second-order valence-electron chi connectivity index (χ2n) is 2.21. The Labute approximate surface area is 63.9 Å². The lowest BCUT2D eigenvalue weighted by molar-refractivity contribution is 0.862. The van der Waals surface area contributed by atoms with Crippen LogP contribution >= 0.6 is 0 Å². The Morgan fingerprint density at radius 1 is 1.36 bits per heavy atom. The number of nitrogens with zero attached hydrogens (tertiary/aromatic N) is 3. The zero-order valence-electron chi connectivity index (χ0n) is 5.94. The lowest BCUT2D eigenvalue weighted by Gasteiger charge is -1.89. The van der Waals surface area contributed by atoms with Crippen LogP contribution in [0.25, 0.3) is 17.2 Å². The summed E-state index contributed by atoms with van der Waals surface area (Å²) in [5.41, 5.74) is 1.88. The van der Waals surface area contributed by atoms with Crippen molar-refractivity contribution in [3.63, 3.8) is 0 Å². The van der Waals surface area contributed by atoms with Gasteiger partial charge in [-0.25, -0.2) is 4.68 Å². The zero-order valence-corrected chi connectivity index (χ0v) is 5.94. The molecule has 1 heterocycles. The summed E-state index contributed by atoms with van der Waals surface area (Å²) in [5.74, 6) is 0. The average molecular weight is 145 g/mol. The van der Waals surface area contributed by atoms with Crippen LogP contribution in [0, 0.1) is 0 Å². The molecule has 0 N–H and O–H groups in total. The summed E-state index contributed by atoms with van der Waals surface area (Å²) in [4.78, 5) is 0. The maximum Gasteiger partial charge on any atom is 0.113 e. The van der Waals surface area contributed by atoms with E-state index in [0.717, 1.165) is 11.0 Å². The minimum absolute atomic E-state index is 0.896. The fourth-order valence-electron chi connectivity index (χ4n) is 1.02. The molecule has 0 aliphatic rings. The number of fused-ring (bicyclic) bond motifs is 1. The Morgan fingerprint density at radius 2 is 2.18 bits per heavy atom. The molecule has 0 unspecified atom stereocenters. The fraction of sp³-hybridized carbons (Fsp3) is 0.